The van der Waals surface area contributed by atoms with Crippen LogP contribution in [0.4, 0.5) is 14.5 Å². The van der Waals surface area contributed by atoms with Crippen LogP contribution in [0.25, 0.3) is 0 Å². The number of halogens is 4. The highest BCUT2D eigenvalue weighted by Crippen LogP contribution is 2.38. The Morgan fingerprint density at radius 1 is 1.50 bits per heavy atom. The molecule has 0 radical (unpaired) electrons. The van der Waals surface area contributed by atoms with Crippen molar-refractivity contribution in [3.05, 3.63) is 26.3 Å². The van der Waals surface area contributed by atoms with Gasteiger partial charge >= 0.3 is 0 Å². The second-order valence-electron chi connectivity index (χ2n) is 2.91. The molecule has 1 aromatic rings. The Morgan fingerprint density at radius 2 is 2.07 bits per heavy atom. The molecule has 0 aliphatic carbocycles. The molecule has 0 aliphatic heterocycles. The first-order valence-corrected chi connectivity index (χ1v) is 5.47. The fourth-order valence-electron chi connectivity index (χ4n) is 1.08. The van der Waals surface area contributed by atoms with Gasteiger partial charge in [-0.1, -0.05) is 18.5 Å². The monoisotopic (exact) mass is 331 g/mol. The molecule has 0 aromatic heterocycles. The summed E-state index contributed by atoms with van der Waals surface area (Å²) in [6.07, 6.45) is -0.284. The molecule has 0 bridgehead atoms. The zero-order valence-corrected chi connectivity index (χ0v) is 10.4. The first-order chi connectivity index (χ1) is 6.38. The fourth-order valence-corrected chi connectivity index (χ4v) is 2.11. The summed E-state index contributed by atoms with van der Waals surface area (Å²) < 4.78 is 27.3. The highest BCUT2D eigenvalue weighted by atomic mass is 127. The summed E-state index contributed by atoms with van der Waals surface area (Å²) in [6, 6.07) is 2.79. The minimum atomic E-state index is -2.91. The number of nitrogens with two attached hydrogens (primary N) is 1. The summed E-state index contributed by atoms with van der Waals surface area (Å²) in [7, 11) is 0. The van der Waals surface area contributed by atoms with E-state index in [1.807, 2.05) is 22.6 Å². The van der Waals surface area contributed by atoms with E-state index in [0.29, 0.717) is 3.57 Å². The van der Waals surface area contributed by atoms with Crippen molar-refractivity contribution in [1.82, 2.24) is 0 Å². The highest BCUT2D eigenvalue weighted by molar-refractivity contribution is 14.1. The first kappa shape index (κ1) is 12.0. The standard InChI is InChI=1S/C9H9ClF2IN/c1-2-9(11,12)6-3-5(10)4-7(13)8(6)14/h3-4H,2,14H2,1H3. The van der Waals surface area contributed by atoms with Crippen LogP contribution in [0.2, 0.25) is 5.02 Å². The van der Waals surface area contributed by atoms with E-state index in [1.54, 1.807) is 6.07 Å². The van der Waals surface area contributed by atoms with Crippen LogP contribution >= 0.6 is 34.2 Å². The molecule has 1 nitrogen and oxygen atoms in total. The van der Waals surface area contributed by atoms with Gasteiger partial charge in [0, 0.05) is 20.6 Å². The molecule has 0 saturated carbocycles. The number of benzene rings is 1. The van der Waals surface area contributed by atoms with E-state index in [0.717, 1.165) is 0 Å². The smallest absolute Gasteiger partial charge is 0.275 e. The van der Waals surface area contributed by atoms with Crippen molar-refractivity contribution < 1.29 is 8.78 Å². The molecular weight excluding hydrogens is 322 g/mol. The molecule has 14 heavy (non-hydrogen) atoms. The molecule has 2 N–H and O–H groups in total. The number of rotatable bonds is 2. The predicted molar refractivity (Wildman–Crippen MR) is 62.8 cm³/mol. The Hall–Kier alpha value is -0.100. The van der Waals surface area contributed by atoms with Crippen molar-refractivity contribution in [2.24, 2.45) is 0 Å². The van der Waals surface area contributed by atoms with Gasteiger partial charge in [-0.15, -0.1) is 0 Å². The SMILES string of the molecule is CCC(F)(F)c1cc(Cl)cc(I)c1N. The molecule has 1 aromatic carbocycles. The van der Waals surface area contributed by atoms with Gasteiger partial charge in [-0.2, -0.15) is 0 Å². The van der Waals surface area contributed by atoms with Crippen LogP contribution in [0, 0.1) is 3.57 Å². The second-order valence-corrected chi connectivity index (χ2v) is 4.51. The van der Waals surface area contributed by atoms with Gasteiger partial charge in [-0.25, -0.2) is 8.78 Å². The Bertz CT molecular complexity index is 355. The van der Waals surface area contributed by atoms with E-state index in [2.05, 4.69) is 0 Å². The molecule has 0 amide bonds. The van der Waals surface area contributed by atoms with Crippen molar-refractivity contribution in [2.75, 3.05) is 5.73 Å². The minimum absolute atomic E-state index is 0.113. The quantitative estimate of drug-likeness (QED) is 0.643. The third kappa shape index (κ3) is 2.28. The lowest BCUT2D eigenvalue weighted by Gasteiger charge is -2.17. The molecule has 5 heteroatoms. The highest BCUT2D eigenvalue weighted by Gasteiger charge is 2.32. The molecule has 0 aliphatic rings. The van der Waals surface area contributed by atoms with Crippen molar-refractivity contribution in [3.63, 3.8) is 0 Å². The molecule has 0 heterocycles. The van der Waals surface area contributed by atoms with Crippen LogP contribution in [0.3, 0.4) is 0 Å². The minimum Gasteiger partial charge on any atom is -0.397 e. The normalized spacial score (nSPS) is 11.8. The lowest BCUT2D eigenvalue weighted by molar-refractivity contribution is -0.00752. The van der Waals surface area contributed by atoms with E-state index in [9.17, 15) is 8.78 Å². The molecule has 1 rings (SSSR count). The second kappa shape index (κ2) is 4.18. The zero-order chi connectivity index (χ0) is 10.9. The van der Waals surface area contributed by atoms with Crippen LogP contribution < -0.4 is 5.73 Å². The third-order valence-corrected chi connectivity index (χ3v) is 3.04. The van der Waals surface area contributed by atoms with Crippen LogP contribution in [0.5, 0.6) is 0 Å². The lowest BCUT2D eigenvalue weighted by atomic mass is 10.0. The van der Waals surface area contributed by atoms with E-state index in [4.69, 9.17) is 17.3 Å². The Balaban J connectivity index is 3.34. The Kier molecular flexibility index (Phi) is 3.58. The zero-order valence-electron chi connectivity index (χ0n) is 7.45. The third-order valence-electron chi connectivity index (χ3n) is 1.93. The van der Waals surface area contributed by atoms with Gasteiger partial charge in [0.05, 0.1) is 5.69 Å². The van der Waals surface area contributed by atoms with Crippen molar-refractivity contribution in [1.29, 1.82) is 0 Å². The van der Waals surface area contributed by atoms with Gasteiger partial charge in [0.2, 0.25) is 0 Å². The van der Waals surface area contributed by atoms with Crippen LogP contribution in [0.1, 0.15) is 18.9 Å². The van der Waals surface area contributed by atoms with Gasteiger partial charge in [-0.3, -0.25) is 0 Å². The maximum Gasteiger partial charge on any atom is 0.275 e. The van der Waals surface area contributed by atoms with Gasteiger partial charge in [0.25, 0.3) is 5.92 Å². The lowest BCUT2D eigenvalue weighted by Crippen LogP contribution is -2.15. The topological polar surface area (TPSA) is 26.0 Å². The van der Waals surface area contributed by atoms with Gasteiger partial charge in [0.1, 0.15) is 0 Å². The van der Waals surface area contributed by atoms with Crippen molar-refractivity contribution in [3.8, 4) is 0 Å². The average Bonchev–Trinajstić information content (AvgIpc) is 2.11. The van der Waals surface area contributed by atoms with Crippen LogP contribution in [-0.4, -0.2) is 0 Å². The van der Waals surface area contributed by atoms with Crippen LogP contribution in [-0.2, 0) is 5.92 Å². The number of alkyl halides is 2. The van der Waals surface area contributed by atoms with E-state index in [-0.39, 0.29) is 22.7 Å². The number of hydrogen-bond donors (Lipinski definition) is 1. The van der Waals surface area contributed by atoms with Crippen molar-refractivity contribution in [2.45, 2.75) is 19.3 Å². The molecule has 0 unspecified atom stereocenters. The Morgan fingerprint density at radius 3 is 2.57 bits per heavy atom. The van der Waals surface area contributed by atoms with E-state index >= 15 is 0 Å². The number of nitrogen functional groups attached to an aromatic ring is 1. The largest absolute Gasteiger partial charge is 0.397 e. The number of anilines is 1. The van der Waals surface area contributed by atoms with Gasteiger partial charge in [-0.05, 0) is 34.7 Å². The van der Waals surface area contributed by atoms with E-state index in [1.165, 1.54) is 13.0 Å². The molecule has 0 spiro atoms. The summed E-state index contributed by atoms with van der Waals surface area (Å²) in [5, 5.41) is 0.284. The van der Waals surface area contributed by atoms with Crippen molar-refractivity contribution >= 4 is 39.9 Å². The summed E-state index contributed by atoms with van der Waals surface area (Å²) >= 11 is 7.58. The summed E-state index contributed by atoms with van der Waals surface area (Å²) in [5.74, 6) is -2.91. The molecule has 0 fully saturated rings. The maximum absolute atomic E-state index is 13.4. The maximum atomic E-state index is 13.4. The van der Waals surface area contributed by atoms with E-state index < -0.39 is 5.92 Å². The molecule has 0 saturated heterocycles. The summed E-state index contributed by atoms with van der Waals surface area (Å²) in [5.41, 5.74) is 5.50. The average molecular weight is 332 g/mol. The Labute approximate surface area is 99.8 Å². The predicted octanol–water partition coefficient (Wildman–Crippen LogP) is 4.03. The molecule has 0 atom stereocenters. The summed E-state index contributed by atoms with van der Waals surface area (Å²) in [6.45, 7) is 1.41. The molecule has 78 valence electrons. The van der Waals surface area contributed by atoms with Crippen LogP contribution in [0.15, 0.2) is 12.1 Å². The number of hydrogen-bond acceptors (Lipinski definition) is 1. The fraction of sp³-hybridized carbons (Fsp3) is 0.333. The van der Waals surface area contributed by atoms with Gasteiger partial charge in [0.15, 0.2) is 0 Å². The van der Waals surface area contributed by atoms with Gasteiger partial charge < -0.3 is 5.73 Å². The molecular formula is C9H9ClF2IN. The summed E-state index contributed by atoms with van der Waals surface area (Å²) in [4.78, 5) is 0. The first-order valence-electron chi connectivity index (χ1n) is 4.01.